The Bertz CT molecular complexity index is 857. The van der Waals surface area contributed by atoms with Gasteiger partial charge < -0.3 is 9.47 Å². The van der Waals surface area contributed by atoms with Gasteiger partial charge in [-0.3, -0.25) is 19.5 Å². The van der Waals surface area contributed by atoms with Gasteiger partial charge in [-0.25, -0.2) is 0 Å². The van der Waals surface area contributed by atoms with Gasteiger partial charge in [-0.15, -0.1) is 0 Å². The molecule has 2 aromatic rings. The number of hydrogen-bond acceptors (Lipinski definition) is 4. The molecule has 28 heavy (non-hydrogen) atoms. The number of nitrogens with zero attached hydrogens (tertiary/aromatic N) is 4. The van der Waals surface area contributed by atoms with Gasteiger partial charge in [0.2, 0.25) is 0 Å². The van der Waals surface area contributed by atoms with Crippen molar-refractivity contribution in [2.24, 2.45) is 0 Å². The minimum absolute atomic E-state index is 0.0297. The van der Waals surface area contributed by atoms with Gasteiger partial charge >= 0.3 is 0 Å². The monoisotopic (exact) mass is 382 g/mol. The van der Waals surface area contributed by atoms with E-state index in [0.717, 1.165) is 17.0 Å². The Balaban J connectivity index is 1.61. The van der Waals surface area contributed by atoms with Crippen LogP contribution in [0.1, 0.15) is 52.9 Å². The first kappa shape index (κ1) is 20.3. The Hall–Kier alpha value is -2.47. The molecule has 3 rings (SSSR count). The van der Waals surface area contributed by atoms with Gasteiger partial charge in [-0.05, 0) is 52.8 Å². The van der Waals surface area contributed by atoms with E-state index in [9.17, 15) is 9.59 Å². The van der Waals surface area contributed by atoms with Crippen molar-refractivity contribution in [3.05, 3.63) is 53.1 Å². The van der Waals surface area contributed by atoms with Crippen LogP contribution in [0.3, 0.4) is 0 Å². The Morgan fingerprint density at radius 1 is 1.04 bits per heavy atom. The third-order valence-corrected chi connectivity index (χ3v) is 5.36. The molecule has 1 fully saturated rings. The molecule has 0 aliphatic carbocycles. The predicted molar refractivity (Wildman–Crippen MR) is 110 cm³/mol. The number of carbonyl (C=O) groups excluding carboxylic acids is 2. The number of rotatable bonds is 4. The molecule has 1 aliphatic rings. The third kappa shape index (κ3) is 4.17. The van der Waals surface area contributed by atoms with Gasteiger partial charge in [0.25, 0.3) is 5.91 Å². The van der Waals surface area contributed by atoms with E-state index in [1.54, 1.807) is 24.5 Å². The van der Waals surface area contributed by atoms with Crippen LogP contribution >= 0.6 is 0 Å². The lowest BCUT2D eigenvalue weighted by molar-refractivity contribution is 0.0624. The van der Waals surface area contributed by atoms with Gasteiger partial charge in [0.05, 0.1) is 6.54 Å². The zero-order valence-electron chi connectivity index (χ0n) is 17.5. The highest BCUT2D eigenvalue weighted by atomic mass is 16.2. The van der Waals surface area contributed by atoms with E-state index >= 15 is 0 Å². The Labute approximate surface area is 167 Å². The topological polar surface area (TPSA) is 58.4 Å². The molecule has 6 nitrogen and oxygen atoms in total. The lowest BCUT2D eigenvalue weighted by Crippen LogP contribution is -2.49. The summed E-state index contributed by atoms with van der Waals surface area (Å²) in [6, 6.07) is 5.48. The fraction of sp³-hybridized carbons (Fsp3) is 0.500. The minimum atomic E-state index is -0.0500. The summed E-state index contributed by atoms with van der Waals surface area (Å²) in [5.74, 6) is 0.180. The smallest absolute Gasteiger partial charge is 0.254 e. The van der Waals surface area contributed by atoms with E-state index in [4.69, 9.17) is 0 Å². The van der Waals surface area contributed by atoms with E-state index in [2.05, 4.69) is 42.1 Å². The molecule has 1 saturated heterocycles. The average molecular weight is 383 g/mol. The number of amides is 1. The molecule has 0 radical (unpaired) electrons. The van der Waals surface area contributed by atoms with E-state index in [0.29, 0.717) is 38.3 Å². The molecular formula is C22H30N4O2. The number of piperazine rings is 1. The number of carbonyl (C=O) groups is 2. The highest BCUT2D eigenvalue weighted by Crippen LogP contribution is 2.25. The number of Topliss-reactive ketones (excluding diaryl/α,β-unsaturated/α-hetero) is 1. The molecule has 0 spiro atoms. The largest absolute Gasteiger partial charge is 0.343 e. The van der Waals surface area contributed by atoms with Crippen molar-refractivity contribution < 1.29 is 9.59 Å². The summed E-state index contributed by atoms with van der Waals surface area (Å²) in [7, 11) is 0. The average Bonchev–Trinajstić information content (AvgIpc) is 2.97. The summed E-state index contributed by atoms with van der Waals surface area (Å²) in [6.07, 6.45) is 3.27. The fourth-order valence-corrected chi connectivity index (χ4v) is 4.15. The molecule has 1 amide bonds. The molecule has 1 aliphatic heterocycles. The predicted octanol–water partition coefficient (Wildman–Crippen LogP) is 2.90. The number of aromatic nitrogens is 2. The first-order chi connectivity index (χ1) is 13.2. The van der Waals surface area contributed by atoms with Gasteiger partial charge in [-0.2, -0.15) is 0 Å². The summed E-state index contributed by atoms with van der Waals surface area (Å²) in [5.41, 5.74) is 3.56. The van der Waals surface area contributed by atoms with Crippen LogP contribution in [0, 0.1) is 13.8 Å². The number of ketones is 1. The van der Waals surface area contributed by atoms with E-state index < -0.39 is 0 Å². The first-order valence-corrected chi connectivity index (χ1v) is 9.83. The highest BCUT2D eigenvalue weighted by molar-refractivity contribution is 5.99. The molecular weight excluding hydrogens is 352 g/mol. The van der Waals surface area contributed by atoms with Crippen LogP contribution < -0.4 is 0 Å². The van der Waals surface area contributed by atoms with Crippen molar-refractivity contribution in [2.45, 2.75) is 40.2 Å². The highest BCUT2D eigenvalue weighted by Gasteiger charge is 2.26. The van der Waals surface area contributed by atoms with Crippen molar-refractivity contribution in [3.63, 3.8) is 0 Å². The van der Waals surface area contributed by atoms with Gasteiger partial charge in [0, 0.05) is 66.6 Å². The second-order valence-electron chi connectivity index (χ2n) is 8.52. The fourth-order valence-electron chi connectivity index (χ4n) is 4.15. The Kier molecular flexibility index (Phi) is 5.70. The summed E-state index contributed by atoms with van der Waals surface area (Å²) < 4.78 is 2.23. The molecule has 0 bridgehead atoms. The summed E-state index contributed by atoms with van der Waals surface area (Å²) in [6.45, 7) is 13.6. The lowest BCUT2D eigenvalue weighted by atomic mass is 10.1. The molecule has 0 aromatic carbocycles. The molecule has 0 saturated carbocycles. The van der Waals surface area contributed by atoms with Crippen molar-refractivity contribution in [1.82, 2.24) is 19.4 Å². The van der Waals surface area contributed by atoms with Crippen molar-refractivity contribution in [1.29, 1.82) is 0 Å². The summed E-state index contributed by atoms with van der Waals surface area (Å²) in [4.78, 5) is 33.4. The van der Waals surface area contributed by atoms with E-state index in [1.165, 1.54) is 0 Å². The van der Waals surface area contributed by atoms with E-state index in [1.807, 2.05) is 17.9 Å². The van der Waals surface area contributed by atoms with Crippen LogP contribution in [-0.4, -0.2) is 63.8 Å². The number of aryl methyl sites for hydroxylation is 1. The minimum Gasteiger partial charge on any atom is -0.343 e. The van der Waals surface area contributed by atoms with Crippen LogP contribution in [0.2, 0.25) is 0 Å². The maximum absolute atomic E-state index is 12.9. The van der Waals surface area contributed by atoms with Crippen LogP contribution in [0.4, 0.5) is 0 Å². The standard InChI is InChI=1S/C22H30N4O2/c1-16-14-19(17(2)26(16)22(3,4)5)20(27)15-24-10-12-25(13-11-24)21(28)18-6-8-23-9-7-18/h6-9,14H,10-13,15H2,1-5H3. The zero-order valence-corrected chi connectivity index (χ0v) is 17.5. The molecule has 3 heterocycles. The van der Waals surface area contributed by atoms with Crippen LogP contribution in [-0.2, 0) is 5.54 Å². The normalized spacial score (nSPS) is 15.7. The maximum atomic E-state index is 12.9. The van der Waals surface area contributed by atoms with Crippen LogP contribution in [0.25, 0.3) is 0 Å². The summed E-state index contributed by atoms with van der Waals surface area (Å²) >= 11 is 0. The SMILES string of the molecule is Cc1cc(C(=O)CN2CCN(C(=O)c3ccncc3)CC2)c(C)n1C(C)(C)C. The molecule has 0 atom stereocenters. The third-order valence-electron chi connectivity index (χ3n) is 5.36. The molecule has 2 aromatic heterocycles. The van der Waals surface area contributed by atoms with Crippen LogP contribution in [0.15, 0.2) is 30.6 Å². The van der Waals surface area contributed by atoms with E-state index in [-0.39, 0.29) is 17.2 Å². The van der Waals surface area contributed by atoms with Gasteiger partial charge in [0.1, 0.15) is 0 Å². The molecule has 0 unspecified atom stereocenters. The Morgan fingerprint density at radius 2 is 1.64 bits per heavy atom. The molecule has 6 heteroatoms. The summed E-state index contributed by atoms with van der Waals surface area (Å²) in [5, 5.41) is 0. The zero-order chi connectivity index (χ0) is 20.5. The first-order valence-electron chi connectivity index (χ1n) is 9.83. The number of hydrogen-bond donors (Lipinski definition) is 0. The van der Waals surface area contributed by atoms with Crippen molar-refractivity contribution in [2.75, 3.05) is 32.7 Å². The lowest BCUT2D eigenvalue weighted by Gasteiger charge is -2.34. The van der Waals surface area contributed by atoms with Crippen molar-refractivity contribution >= 4 is 11.7 Å². The quantitative estimate of drug-likeness (QED) is 0.763. The maximum Gasteiger partial charge on any atom is 0.254 e. The second kappa shape index (κ2) is 7.87. The van der Waals surface area contributed by atoms with Crippen LogP contribution in [0.5, 0.6) is 0 Å². The molecule has 0 N–H and O–H groups in total. The van der Waals surface area contributed by atoms with Gasteiger partial charge in [-0.1, -0.05) is 0 Å². The molecule has 150 valence electrons. The Morgan fingerprint density at radius 3 is 2.18 bits per heavy atom. The number of pyridine rings is 1. The van der Waals surface area contributed by atoms with Gasteiger partial charge in [0.15, 0.2) is 5.78 Å². The second-order valence-corrected chi connectivity index (χ2v) is 8.52. The van der Waals surface area contributed by atoms with Crippen molar-refractivity contribution in [3.8, 4) is 0 Å².